The molecule has 0 radical (unpaired) electrons. The smallest absolute Gasteiger partial charge is 0.499 e. The lowest BCUT2D eigenvalue weighted by Crippen LogP contribution is -2.33. The van der Waals surface area contributed by atoms with Gasteiger partial charge in [0, 0.05) is 6.61 Å². The summed E-state index contributed by atoms with van der Waals surface area (Å²) in [6.45, 7) is 2.85. The fourth-order valence-corrected chi connectivity index (χ4v) is 4.12. The summed E-state index contributed by atoms with van der Waals surface area (Å²) in [4.78, 5) is 0. The van der Waals surface area contributed by atoms with Crippen LogP contribution in [0, 0.1) is 0 Å². The summed E-state index contributed by atoms with van der Waals surface area (Å²) < 4.78 is 18.7. The van der Waals surface area contributed by atoms with Gasteiger partial charge in [0.15, 0.2) is 0 Å². The highest BCUT2D eigenvalue weighted by molar-refractivity contribution is 6.53. The molecule has 0 aromatic carbocycles. The lowest BCUT2D eigenvalue weighted by atomic mass is 10.3. The van der Waals surface area contributed by atoms with Crippen molar-refractivity contribution < 1.29 is 8.18 Å². The molecule has 0 amide bonds. The van der Waals surface area contributed by atoms with Gasteiger partial charge in [0.25, 0.3) is 0 Å². The molecule has 0 N–H and O–H groups in total. The first kappa shape index (κ1) is 9.51. The molecule has 1 atom stereocenters. The number of hydrogen-bond donors (Lipinski definition) is 0. The highest BCUT2D eigenvalue weighted by Gasteiger charge is 2.32. The van der Waals surface area contributed by atoms with Crippen LogP contribution < -0.4 is 0 Å². The molecule has 1 rings (SSSR count). The Morgan fingerprint density at radius 1 is 1.55 bits per heavy atom. The third-order valence-corrected chi connectivity index (χ3v) is 4.96. The van der Waals surface area contributed by atoms with Crippen molar-refractivity contribution in [3.8, 4) is 0 Å². The van der Waals surface area contributed by atoms with E-state index in [9.17, 15) is 4.39 Å². The van der Waals surface area contributed by atoms with E-state index in [1.165, 1.54) is 6.42 Å². The Bertz CT molecular complexity index is 104. The molecule has 11 heavy (non-hydrogen) atoms. The normalized spacial score (nSPS) is 21.8. The molecule has 1 fully saturated rings. The van der Waals surface area contributed by atoms with E-state index >= 15 is 0 Å². The zero-order valence-electron chi connectivity index (χ0n) is 7.18. The average Bonchev–Trinajstić information content (AvgIpc) is 2.07. The number of alkyl halides is 1. The van der Waals surface area contributed by atoms with Gasteiger partial charge in [0.2, 0.25) is 0 Å². The number of rotatable bonds is 3. The maximum Gasteiger partial charge on any atom is 0.500 e. The Morgan fingerprint density at radius 2 is 2.36 bits per heavy atom. The van der Waals surface area contributed by atoms with Gasteiger partial charge in [-0.25, -0.2) is 0 Å². The largest absolute Gasteiger partial charge is 0.500 e. The molecular weight excluding hydrogens is 158 g/mol. The number of halogens is 1. The van der Waals surface area contributed by atoms with Gasteiger partial charge in [-0.2, -0.15) is 0 Å². The van der Waals surface area contributed by atoms with Crippen LogP contribution in [0.2, 0.25) is 5.28 Å². The van der Waals surface area contributed by atoms with Crippen molar-refractivity contribution in [2.45, 2.75) is 42.9 Å². The zero-order valence-corrected chi connectivity index (χ0v) is 8.34. The Morgan fingerprint density at radius 3 is 2.91 bits per heavy atom. The van der Waals surface area contributed by atoms with Gasteiger partial charge in [-0.15, -0.1) is 0 Å². The van der Waals surface area contributed by atoms with Crippen molar-refractivity contribution in [1.29, 1.82) is 0 Å². The van der Waals surface area contributed by atoms with Gasteiger partial charge in [0.1, 0.15) is 0 Å². The minimum absolute atomic E-state index is 0.583. The minimum Gasteiger partial charge on any atom is -0.499 e. The second-order valence-electron chi connectivity index (χ2n) is 3.21. The maximum absolute atomic E-state index is 13.2. The molecule has 1 heterocycles. The Labute approximate surface area is 72.7 Å². The Balaban J connectivity index is 2.21. The highest BCUT2D eigenvalue weighted by Crippen LogP contribution is 2.18. The molecule has 1 saturated heterocycles. The summed E-state index contributed by atoms with van der Waals surface area (Å²) in [5.74, 6) is 0. The van der Waals surface area contributed by atoms with E-state index in [0.717, 1.165) is 31.2 Å². The fourth-order valence-electron chi connectivity index (χ4n) is 1.51. The van der Waals surface area contributed by atoms with Crippen LogP contribution in [0.4, 0.5) is 4.39 Å². The first-order valence-corrected chi connectivity index (χ1v) is 6.55. The van der Waals surface area contributed by atoms with Crippen LogP contribution in [0.3, 0.4) is 0 Å². The topological polar surface area (TPSA) is 9.23 Å². The second-order valence-corrected chi connectivity index (χ2v) is 5.92. The van der Waals surface area contributed by atoms with E-state index in [2.05, 4.69) is 0 Å². The average molecular weight is 174 g/mol. The van der Waals surface area contributed by atoms with Gasteiger partial charge in [-0.3, -0.25) is 4.39 Å². The molecule has 0 bridgehead atoms. The SMILES string of the molecule is CCC[CH](F)[Al]1[CH2]CCC[O]1. The molecule has 1 unspecified atom stereocenters. The van der Waals surface area contributed by atoms with E-state index in [-0.39, 0.29) is 0 Å². The van der Waals surface area contributed by atoms with Gasteiger partial charge in [0.05, 0.1) is 5.03 Å². The predicted octanol–water partition coefficient (Wildman–Crippen LogP) is 2.47. The molecular formula is C8H16AlFO. The van der Waals surface area contributed by atoms with Crippen LogP contribution >= 0.6 is 0 Å². The van der Waals surface area contributed by atoms with E-state index in [0.29, 0.717) is 0 Å². The maximum atomic E-state index is 13.2. The van der Waals surface area contributed by atoms with Crippen LogP contribution in [0.25, 0.3) is 0 Å². The molecule has 0 aliphatic carbocycles. The van der Waals surface area contributed by atoms with E-state index < -0.39 is 19.5 Å². The molecule has 0 saturated carbocycles. The van der Waals surface area contributed by atoms with Crippen molar-refractivity contribution in [3.05, 3.63) is 0 Å². The van der Waals surface area contributed by atoms with E-state index in [1.807, 2.05) is 6.92 Å². The van der Waals surface area contributed by atoms with E-state index in [4.69, 9.17) is 3.79 Å². The van der Waals surface area contributed by atoms with Crippen LogP contribution in [-0.2, 0) is 3.79 Å². The van der Waals surface area contributed by atoms with Crippen LogP contribution in [0.5, 0.6) is 0 Å². The van der Waals surface area contributed by atoms with Crippen LogP contribution in [0.1, 0.15) is 32.6 Å². The summed E-state index contributed by atoms with van der Waals surface area (Å²) in [5.41, 5.74) is 0. The van der Waals surface area contributed by atoms with Crippen LogP contribution in [0.15, 0.2) is 0 Å². The summed E-state index contributed by atoms with van der Waals surface area (Å²) >= 11 is -1.40. The fraction of sp³-hybridized carbons (Fsp3) is 1.00. The molecule has 1 aliphatic heterocycles. The van der Waals surface area contributed by atoms with Crippen molar-refractivity contribution in [3.63, 3.8) is 0 Å². The first-order valence-electron chi connectivity index (χ1n) is 4.60. The molecule has 0 spiro atoms. The molecule has 3 heteroatoms. The first-order chi connectivity index (χ1) is 5.34. The number of hydrogen-bond acceptors (Lipinski definition) is 1. The van der Waals surface area contributed by atoms with Crippen molar-refractivity contribution in [2.75, 3.05) is 6.61 Å². The lowest BCUT2D eigenvalue weighted by molar-refractivity contribution is 0.249. The lowest BCUT2D eigenvalue weighted by Gasteiger charge is -2.20. The van der Waals surface area contributed by atoms with Crippen molar-refractivity contribution in [1.82, 2.24) is 0 Å². The summed E-state index contributed by atoms with van der Waals surface area (Å²) in [6, 6.07) is 0. The summed E-state index contributed by atoms with van der Waals surface area (Å²) in [6.07, 6.45) is 4.01. The molecule has 1 aliphatic rings. The standard InChI is InChI=1S/C4H8F.C4H8O.Al/c2*1-2-3-4-5;/h4H,2-3H2,1H3;1-4H2;/q;-1;+1. The molecule has 1 nitrogen and oxygen atoms in total. The van der Waals surface area contributed by atoms with Gasteiger partial charge in [-0.1, -0.05) is 25.0 Å². The minimum atomic E-state index is -1.40. The molecule has 64 valence electrons. The van der Waals surface area contributed by atoms with Gasteiger partial charge in [-0.05, 0) is 12.8 Å². The molecule has 0 aromatic heterocycles. The Kier molecular flexibility index (Phi) is 4.44. The van der Waals surface area contributed by atoms with Crippen LogP contribution in [-0.4, -0.2) is 26.1 Å². The highest BCUT2D eigenvalue weighted by atomic mass is 27.2. The van der Waals surface area contributed by atoms with E-state index in [1.54, 1.807) is 0 Å². The molecule has 0 aromatic rings. The quantitative estimate of drug-likeness (QED) is 0.597. The third-order valence-electron chi connectivity index (χ3n) is 2.18. The van der Waals surface area contributed by atoms with Gasteiger partial charge < -0.3 is 3.79 Å². The third kappa shape index (κ3) is 3.11. The van der Waals surface area contributed by atoms with Crippen molar-refractivity contribution >= 4 is 14.5 Å². The Hall–Kier alpha value is 0.422. The summed E-state index contributed by atoms with van der Waals surface area (Å²) in [5, 5.41) is 0.474. The predicted molar refractivity (Wildman–Crippen MR) is 45.6 cm³/mol. The second kappa shape index (κ2) is 5.14. The monoisotopic (exact) mass is 174 g/mol. The zero-order chi connectivity index (χ0) is 8.10. The summed E-state index contributed by atoms with van der Waals surface area (Å²) in [7, 11) is 0. The van der Waals surface area contributed by atoms with Gasteiger partial charge >= 0.3 is 14.5 Å². The van der Waals surface area contributed by atoms with Crippen molar-refractivity contribution in [2.24, 2.45) is 0 Å².